The minimum absolute atomic E-state index is 0.140. The molecule has 0 unspecified atom stereocenters. The van der Waals surface area contributed by atoms with Crippen LogP contribution in [-0.2, 0) is 12.8 Å². The molecule has 3 aromatic rings. The Labute approximate surface area is 169 Å². The van der Waals surface area contributed by atoms with Crippen LogP contribution in [-0.4, -0.2) is 32.7 Å². The molecule has 28 heavy (non-hydrogen) atoms. The Balaban J connectivity index is 1.78. The Bertz CT molecular complexity index is 1020. The zero-order valence-electron chi connectivity index (χ0n) is 15.7. The number of anilines is 1. The van der Waals surface area contributed by atoms with Crippen molar-refractivity contribution in [3.8, 4) is 16.6 Å². The van der Waals surface area contributed by atoms with Crippen molar-refractivity contribution < 1.29 is 9.32 Å². The number of primary amides is 1. The predicted octanol–water partition coefficient (Wildman–Crippen LogP) is 3.28. The van der Waals surface area contributed by atoms with E-state index in [4.69, 9.17) is 15.5 Å². The van der Waals surface area contributed by atoms with Crippen LogP contribution in [0.2, 0.25) is 0 Å². The lowest BCUT2D eigenvalue weighted by atomic mass is 10.2. The quantitative estimate of drug-likeness (QED) is 0.623. The van der Waals surface area contributed by atoms with E-state index in [0.29, 0.717) is 23.3 Å². The molecular weight excluding hydrogens is 398 g/mol. The summed E-state index contributed by atoms with van der Waals surface area (Å²) in [6.07, 6.45) is 0.669. The molecule has 0 radical (unpaired) electrons. The van der Waals surface area contributed by atoms with Crippen LogP contribution in [0.4, 0.5) is 9.93 Å². The number of hydrogen-bond donors (Lipinski definition) is 1. The Kier molecular flexibility index (Phi) is 6.01. The summed E-state index contributed by atoms with van der Waals surface area (Å²) in [7, 11) is 0. The molecule has 0 spiro atoms. The highest BCUT2D eigenvalue weighted by Gasteiger charge is 2.21. The molecule has 0 aromatic carbocycles. The van der Waals surface area contributed by atoms with Gasteiger partial charge in [0.15, 0.2) is 11.0 Å². The minimum atomic E-state index is -0.601. The van der Waals surface area contributed by atoms with Crippen molar-refractivity contribution in [2.75, 3.05) is 11.4 Å². The van der Waals surface area contributed by atoms with E-state index in [1.165, 1.54) is 27.6 Å². The van der Waals surface area contributed by atoms with E-state index in [-0.39, 0.29) is 18.9 Å². The number of nitrogens with zero attached hydrogens (tertiary/aromatic N) is 6. The third kappa shape index (κ3) is 4.35. The third-order valence-corrected chi connectivity index (χ3v) is 5.89. The number of aryl methyl sites for hydroxylation is 1. The molecule has 0 atom stereocenters. The van der Waals surface area contributed by atoms with E-state index in [2.05, 4.69) is 26.2 Å². The molecule has 9 nitrogen and oxygen atoms in total. The summed E-state index contributed by atoms with van der Waals surface area (Å²) >= 11 is 2.76. The molecule has 3 rings (SSSR count). The van der Waals surface area contributed by atoms with E-state index in [1.54, 1.807) is 0 Å². The zero-order chi connectivity index (χ0) is 20.3. The predicted molar refractivity (Wildman–Crippen MR) is 106 cm³/mol. The molecule has 2 N–H and O–H groups in total. The maximum atomic E-state index is 12.0. The molecule has 0 aliphatic heterocycles. The largest absolute Gasteiger partial charge is 0.351 e. The second-order valence-electron chi connectivity index (χ2n) is 6.32. The second-order valence-corrected chi connectivity index (χ2v) is 8.24. The summed E-state index contributed by atoms with van der Waals surface area (Å²) in [5, 5.41) is 15.9. The second kappa shape index (κ2) is 8.45. The van der Waals surface area contributed by atoms with Gasteiger partial charge < -0.3 is 10.3 Å². The normalized spacial score (nSPS) is 11.0. The smallest absolute Gasteiger partial charge is 0.321 e. The molecule has 0 aliphatic rings. The van der Waals surface area contributed by atoms with Gasteiger partial charge in [0.05, 0.1) is 28.8 Å². The number of urea groups is 1. The highest BCUT2D eigenvalue weighted by atomic mass is 32.1. The van der Waals surface area contributed by atoms with Crippen LogP contribution in [0.25, 0.3) is 10.6 Å². The Morgan fingerprint density at radius 1 is 1.39 bits per heavy atom. The summed E-state index contributed by atoms with van der Waals surface area (Å²) in [5.74, 6) is 1.22. The van der Waals surface area contributed by atoms with Gasteiger partial charge in [0, 0.05) is 24.3 Å². The van der Waals surface area contributed by atoms with Gasteiger partial charge in [-0.1, -0.05) is 30.3 Å². The molecule has 0 bridgehead atoms. The summed E-state index contributed by atoms with van der Waals surface area (Å²) in [5.41, 5.74) is 7.07. The number of hydrogen-bond acceptors (Lipinski definition) is 9. The van der Waals surface area contributed by atoms with Gasteiger partial charge in [-0.15, -0.1) is 11.3 Å². The van der Waals surface area contributed by atoms with Crippen LogP contribution in [0.15, 0.2) is 9.90 Å². The number of thiazole rings is 2. The topological polar surface area (TPSA) is 135 Å². The summed E-state index contributed by atoms with van der Waals surface area (Å²) in [6, 6.07) is 1.49. The first kappa shape index (κ1) is 19.9. The average Bonchev–Trinajstić information content (AvgIpc) is 3.35. The van der Waals surface area contributed by atoms with Crippen molar-refractivity contribution in [3.05, 3.63) is 27.8 Å². The van der Waals surface area contributed by atoms with Crippen molar-refractivity contribution in [3.63, 3.8) is 0 Å². The van der Waals surface area contributed by atoms with Gasteiger partial charge in [-0.2, -0.15) is 10.2 Å². The number of nitrogens with two attached hydrogens (primary N) is 1. The van der Waals surface area contributed by atoms with Gasteiger partial charge in [0.2, 0.25) is 5.89 Å². The maximum Gasteiger partial charge on any atom is 0.321 e. The number of aromatic nitrogens is 4. The molecular formula is C17H19N7O2S2. The molecule has 2 amide bonds. The van der Waals surface area contributed by atoms with Crippen LogP contribution in [0.1, 0.15) is 42.2 Å². The van der Waals surface area contributed by atoms with E-state index in [0.717, 1.165) is 21.3 Å². The van der Waals surface area contributed by atoms with Crippen molar-refractivity contribution in [2.45, 2.75) is 39.5 Å². The molecule has 146 valence electrons. The van der Waals surface area contributed by atoms with Crippen LogP contribution in [0.3, 0.4) is 0 Å². The number of carbonyl (C=O) groups is 1. The first-order valence-electron chi connectivity index (χ1n) is 8.57. The lowest BCUT2D eigenvalue weighted by molar-refractivity contribution is 0.254. The number of amides is 2. The van der Waals surface area contributed by atoms with Gasteiger partial charge in [-0.25, -0.2) is 14.8 Å². The standard InChI is InChI=1S/C17H19N7O2S2/c1-9(2)15-22-12(23-26-15)5-7-24(16(19)25)17-20-10(3)14(28-17)11-8-27-13(21-11)4-6-18/h8-9H,4-5,7H2,1-3H3,(H2,19,25). The number of carbonyl (C=O) groups excluding carboxylic acids is 1. The van der Waals surface area contributed by atoms with Crippen molar-refractivity contribution in [1.29, 1.82) is 5.26 Å². The van der Waals surface area contributed by atoms with Gasteiger partial charge in [-0.3, -0.25) is 4.90 Å². The zero-order valence-corrected chi connectivity index (χ0v) is 17.3. The fourth-order valence-electron chi connectivity index (χ4n) is 2.41. The van der Waals surface area contributed by atoms with E-state index in [1.807, 2.05) is 26.2 Å². The first-order valence-corrected chi connectivity index (χ1v) is 10.3. The highest BCUT2D eigenvalue weighted by Crippen LogP contribution is 2.35. The molecule has 0 aliphatic carbocycles. The van der Waals surface area contributed by atoms with Gasteiger partial charge in [0.1, 0.15) is 5.01 Å². The lowest BCUT2D eigenvalue weighted by Gasteiger charge is -2.15. The Morgan fingerprint density at radius 3 is 2.82 bits per heavy atom. The van der Waals surface area contributed by atoms with Crippen LogP contribution >= 0.6 is 22.7 Å². The van der Waals surface area contributed by atoms with Crippen LogP contribution in [0.5, 0.6) is 0 Å². The van der Waals surface area contributed by atoms with Gasteiger partial charge in [-0.05, 0) is 6.92 Å². The van der Waals surface area contributed by atoms with Crippen molar-refractivity contribution in [1.82, 2.24) is 20.1 Å². The fraction of sp³-hybridized carbons (Fsp3) is 0.412. The Morgan fingerprint density at radius 2 is 2.18 bits per heavy atom. The summed E-state index contributed by atoms with van der Waals surface area (Å²) in [4.78, 5) is 27.5. The molecule has 0 saturated heterocycles. The highest BCUT2D eigenvalue weighted by molar-refractivity contribution is 7.19. The molecule has 0 fully saturated rings. The molecule has 3 aromatic heterocycles. The van der Waals surface area contributed by atoms with Crippen LogP contribution in [0, 0.1) is 18.3 Å². The van der Waals surface area contributed by atoms with Gasteiger partial charge >= 0.3 is 6.03 Å². The fourth-order valence-corrected chi connectivity index (χ4v) is 4.27. The monoisotopic (exact) mass is 417 g/mol. The van der Waals surface area contributed by atoms with E-state index >= 15 is 0 Å². The minimum Gasteiger partial charge on any atom is -0.351 e. The average molecular weight is 418 g/mol. The number of nitriles is 1. The SMILES string of the molecule is Cc1nc(N(CCc2noc(C(C)C)n2)C(N)=O)sc1-c1csc(CC#N)n1. The van der Waals surface area contributed by atoms with E-state index < -0.39 is 6.03 Å². The summed E-state index contributed by atoms with van der Waals surface area (Å²) in [6.45, 7) is 6.07. The molecule has 11 heteroatoms. The first-order chi connectivity index (χ1) is 13.4. The third-order valence-electron chi connectivity index (χ3n) is 3.83. The van der Waals surface area contributed by atoms with E-state index in [9.17, 15) is 4.79 Å². The number of rotatable bonds is 7. The van der Waals surface area contributed by atoms with Crippen LogP contribution < -0.4 is 10.6 Å². The van der Waals surface area contributed by atoms with Crippen molar-refractivity contribution >= 4 is 33.8 Å². The lowest BCUT2D eigenvalue weighted by Crippen LogP contribution is -2.37. The molecule has 3 heterocycles. The molecule has 0 saturated carbocycles. The maximum absolute atomic E-state index is 12.0. The summed E-state index contributed by atoms with van der Waals surface area (Å²) < 4.78 is 5.19. The Hall–Kier alpha value is -2.84. The van der Waals surface area contributed by atoms with Crippen molar-refractivity contribution in [2.24, 2.45) is 5.73 Å². The van der Waals surface area contributed by atoms with Gasteiger partial charge in [0.25, 0.3) is 0 Å².